The molecule has 0 unspecified atom stereocenters. The second-order valence-corrected chi connectivity index (χ2v) is 3.32. The largest absolute Gasteiger partial charge is 0.161 e. The highest BCUT2D eigenvalue weighted by Crippen LogP contribution is 2.02. The highest BCUT2D eigenvalue weighted by Gasteiger charge is 1.84. The summed E-state index contributed by atoms with van der Waals surface area (Å²) < 4.78 is 0. The standard InChI is InChI=1S/C5H10Cl2S/c6-2-1-4-8-5-3-7/h1-5H2. The molecule has 0 N–H and O–H groups in total. The molecule has 0 heterocycles. The summed E-state index contributed by atoms with van der Waals surface area (Å²) in [6.45, 7) is 0. The van der Waals surface area contributed by atoms with Crippen molar-refractivity contribution in [3.8, 4) is 0 Å². The molecule has 0 aromatic heterocycles. The molecule has 0 bridgehead atoms. The minimum Gasteiger partial charge on any atom is -0.161 e. The molecule has 3 heteroatoms. The van der Waals surface area contributed by atoms with Crippen molar-refractivity contribution in [3.05, 3.63) is 0 Å². The molecule has 0 aliphatic carbocycles. The zero-order chi connectivity index (χ0) is 6.24. The van der Waals surface area contributed by atoms with E-state index in [0.717, 1.165) is 29.7 Å². The Kier molecular flexibility index (Phi) is 8.85. The van der Waals surface area contributed by atoms with Crippen LogP contribution in [0.1, 0.15) is 6.42 Å². The van der Waals surface area contributed by atoms with Gasteiger partial charge in [-0.25, -0.2) is 0 Å². The first kappa shape index (κ1) is 8.93. The minimum absolute atomic E-state index is 0.757. The van der Waals surface area contributed by atoms with Gasteiger partial charge in [0.25, 0.3) is 0 Å². The van der Waals surface area contributed by atoms with Gasteiger partial charge in [-0.2, -0.15) is 11.8 Å². The Morgan fingerprint density at radius 1 is 1.00 bits per heavy atom. The van der Waals surface area contributed by atoms with E-state index >= 15 is 0 Å². The van der Waals surface area contributed by atoms with Crippen LogP contribution in [0.4, 0.5) is 0 Å². The van der Waals surface area contributed by atoms with Gasteiger partial charge in [-0.05, 0) is 12.2 Å². The Morgan fingerprint density at radius 2 is 1.75 bits per heavy atom. The van der Waals surface area contributed by atoms with E-state index < -0.39 is 0 Å². The molecular formula is C5H10Cl2S. The summed E-state index contributed by atoms with van der Waals surface area (Å²) in [6.07, 6.45) is 1.10. The molecule has 0 nitrogen and oxygen atoms in total. The smallest absolute Gasteiger partial charge is 0.0314 e. The lowest BCUT2D eigenvalue weighted by molar-refractivity contribution is 1.12. The third-order valence-electron chi connectivity index (χ3n) is 0.644. The average Bonchev–Trinajstić information content (AvgIpc) is 1.81. The topological polar surface area (TPSA) is 0 Å². The van der Waals surface area contributed by atoms with Crippen LogP contribution in [-0.4, -0.2) is 23.3 Å². The summed E-state index contributed by atoms with van der Waals surface area (Å²) in [5.41, 5.74) is 0. The molecule has 0 rings (SSSR count). The number of rotatable bonds is 5. The van der Waals surface area contributed by atoms with Gasteiger partial charge in [-0.15, -0.1) is 23.2 Å². The Hall–Kier alpha value is 0.930. The van der Waals surface area contributed by atoms with Gasteiger partial charge in [-0.3, -0.25) is 0 Å². The van der Waals surface area contributed by atoms with E-state index in [4.69, 9.17) is 23.2 Å². The van der Waals surface area contributed by atoms with E-state index in [1.54, 1.807) is 0 Å². The SMILES string of the molecule is ClCCCSCCCl. The van der Waals surface area contributed by atoms with E-state index in [1.165, 1.54) is 0 Å². The van der Waals surface area contributed by atoms with E-state index in [2.05, 4.69) is 0 Å². The van der Waals surface area contributed by atoms with Gasteiger partial charge in [0.1, 0.15) is 0 Å². The Labute approximate surface area is 64.9 Å². The predicted octanol–water partition coefficient (Wildman–Crippen LogP) is 2.59. The highest BCUT2D eigenvalue weighted by atomic mass is 35.5. The fraction of sp³-hybridized carbons (Fsp3) is 1.00. The van der Waals surface area contributed by atoms with Gasteiger partial charge in [0, 0.05) is 17.5 Å². The second kappa shape index (κ2) is 7.93. The monoisotopic (exact) mass is 172 g/mol. The molecule has 0 fully saturated rings. The van der Waals surface area contributed by atoms with Crippen molar-refractivity contribution in [2.75, 3.05) is 23.3 Å². The van der Waals surface area contributed by atoms with Gasteiger partial charge < -0.3 is 0 Å². The molecule has 0 spiro atoms. The summed E-state index contributed by atoms with van der Waals surface area (Å²) in [7, 11) is 0. The zero-order valence-corrected chi connectivity index (χ0v) is 7.03. The van der Waals surface area contributed by atoms with E-state index in [9.17, 15) is 0 Å². The summed E-state index contributed by atoms with van der Waals surface area (Å²) >= 11 is 12.7. The van der Waals surface area contributed by atoms with Crippen LogP contribution in [0.25, 0.3) is 0 Å². The molecule has 0 amide bonds. The lowest BCUT2D eigenvalue weighted by Gasteiger charge is -1.92. The van der Waals surface area contributed by atoms with E-state index in [-0.39, 0.29) is 0 Å². The first-order chi connectivity index (χ1) is 3.91. The normalized spacial score (nSPS) is 9.75. The van der Waals surface area contributed by atoms with Crippen LogP contribution in [-0.2, 0) is 0 Å². The van der Waals surface area contributed by atoms with Crippen LogP contribution < -0.4 is 0 Å². The third-order valence-corrected chi connectivity index (χ3v) is 2.39. The molecule has 8 heavy (non-hydrogen) atoms. The van der Waals surface area contributed by atoms with Crippen molar-refractivity contribution in [3.63, 3.8) is 0 Å². The lowest BCUT2D eigenvalue weighted by atomic mass is 10.6. The number of alkyl halides is 2. The van der Waals surface area contributed by atoms with Crippen LogP contribution in [0.2, 0.25) is 0 Å². The van der Waals surface area contributed by atoms with Crippen molar-refractivity contribution in [2.45, 2.75) is 6.42 Å². The third kappa shape index (κ3) is 6.93. The first-order valence-corrected chi connectivity index (χ1v) is 4.84. The molecule has 0 saturated heterocycles. The highest BCUT2D eigenvalue weighted by molar-refractivity contribution is 7.99. The molecule has 0 aliphatic rings. The van der Waals surface area contributed by atoms with Crippen molar-refractivity contribution in [1.82, 2.24) is 0 Å². The number of hydrogen-bond acceptors (Lipinski definition) is 1. The minimum atomic E-state index is 0.757. The fourth-order valence-corrected chi connectivity index (χ4v) is 1.59. The van der Waals surface area contributed by atoms with Crippen molar-refractivity contribution < 1.29 is 0 Å². The van der Waals surface area contributed by atoms with Crippen LogP contribution in [0, 0.1) is 0 Å². The number of thioether (sulfide) groups is 1. The van der Waals surface area contributed by atoms with Crippen LogP contribution in [0.5, 0.6) is 0 Å². The van der Waals surface area contributed by atoms with Gasteiger partial charge in [0.2, 0.25) is 0 Å². The average molecular weight is 173 g/mol. The number of hydrogen-bond donors (Lipinski definition) is 0. The summed E-state index contributed by atoms with van der Waals surface area (Å²) in [5.74, 6) is 3.73. The van der Waals surface area contributed by atoms with Gasteiger partial charge in [0.05, 0.1) is 0 Å². The molecular weight excluding hydrogens is 163 g/mol. The maximum absolute atomic E-state index is 5.43. The molecule has 50 valence electrons. The zero-order valence-electron chi connectivity index (χ0n) is 4.70. The van der Waals surface area contributed by atoms with Gasteiger partial charge >= 0.3 is 0 Å². The summed E-state index contributed by atoms with van der Waals surface area (Å²) in [6, 6.07) is 0. The maximum Gasteiger partial charge on any atom is 0.0314 e. The lowest BCUT2D eigenvalue weighted by Crippen LogP contribution is -1.84. The summed E-state index contributed by atoms with van der Waals surface area (Å²) in [5, 5.41) is 0. The van der Waals surface area contributed by atoms with Crippen molar-refractivity contribution in [2.24, 2.45) is 0 Å². The van der Waals surface area contributed by atoms with Crippen LogP contribution in [0.3, 0.4) is 0 Å². The van der Waals surface area contributed by atoms with Gasteiger partial charge in [-0.1, -0.05) is 0 Å². The Balaban J connectivity index is 2.53. The summed E-state index contributed by atoms with van der Waals surface area (Å²) in [4.78, 5) is 0. The fourth-order valence-electron chi connectivity index (χ4n) is 0.313. The molecule has 0 aromatic rings. The Bertz CT molecular complexity index is 35.4. The number of halogens is 2. The molecule has 0 aromatic carbocycles. The predicted molar refractivity (Wildman–Crippen MR) is 43.4 cm³/mol. The van der Waals surface area contributed by atoms with Crippen LogP contribution >= 0.6 is 35.0 Å². The Morgan fingerprint density at radius 3 is 2.25 bits per heavy atom. The van der Waals surface area contributed by atoms with Gasteiger partial charge in [0.15, 0.2) is 0 Å². The molecule has 0 aliphatic heterocycles. The van der Waals surface area contributed by atoms with Crippen LogP contribution in [0.15, 0.2) is 0 Å². The van der Waals surface area contributed by atoms with E-state index in [1.807, 2.05) is 11.8 Å². The van der Waals surface area contributed by atoms with Crippen molar-refractivity contribution >= 4 is 35.0 Å². The van der Waals surface area contributed by atoms with Crippen molar-refractivity contribution in [1.29, 1.82) is 0 Å². The molecule has 0 radical (unpaired) electrons. The molecule has 0 saturated carbocycles. The first-order valence-electron chi connectivity index (χ1n) is 2.61. The molecule has 0 atom stereocenters. The quantitative estimate of drug-likeness (QED) is 0.454. The maximum atomic E-state index is 5.43. The second-order valence-electron chi connectivity index (χ2n) is 1.34. The van der Waals surface area contributed by atoms with E-state index in [0.29, 0.717) is 0 Å².